The van der Waals surface area contributed by atoms with E-state index in [1.54, 1.807) is 43.9 Å². The third-order valence-electron chi connectivity index (χ3n) is 23.9. The second-order valence-electron chi connectivity index (χ2n) is 33.0. The van der Waals surface area contributed by atoms with Gasteiger partial charge in [0.15, 0.2) is 22.6 Å². The van der Waals surface area contributed by atoms with Crippen molar-refractivity contribution >= 4 is 162 Å². The molecule has 16 aromatic rings. The molecule has 4 amide bonds. The third kappa shape index (κ3) is 20.0. The number of likely N-dealkylation sites (N-methyl/N-ethyl adjacent to an activating group) is 1. The summed E-state index contributed by atoms with van der Waals surface area (Å²) in [7, 11) is 2.03. The van der Waals surface area contributed by atoms with E-state index in [2.05, 4.69) is 71.1 Å². The second-order valence-corrected chi connectivity index (χ2v) is 34.8. The summed E-state index contributed by atoms with van der Waals surface area (Å²) in [5.74, 6) is 1.11. The number of anilines is 4. The molecule has 0 unspecified atom stereocenters. The fourth-order valence-electron chi connectivity index (χ4n) is 16.7. The number of likely N-dealkylation sites (tertiary alicyclic amines) is 3. The number of piperazine rings is 1. The minimum absolute atomic E-state index is 0.0995. The van der Waals surface area contributed by atoms with Gasteiger partial charge in [-0.3, -0.25) is 19.2 Å². The van der Waals surface area contributed by atoms with Gasteiger partial charge in [0.2, 0.25) is 0 Å². The Hall–Kier alpha value is -16.6. The molecule has 0 atom stereocenters. The first-order valence-corrected chi connectivity index (χ1v) is 45.1. The van der Waals surface area contributed by atoms with Crippen LogP contribution < -0.4 is 22.9 Å². The van der Waals surface area contributed by atoms with Crippen molar-refractivity contribution in [3.8, 4) is 67.3 Å². The number of hydrogen-bond acceptors (Lipinski definition) is 17. The fourth-order valence-corrected chi connectivity index (χ4v) is 17.2. The van der Waals surface area contributed by atoms with Gasteiger partial charge in [-0.05, 0) is 198 Å². The molecule has 0 saturated carbocycles. The van der Waals surface area contributed by atoms with Gasteiger partial charge in [0.25, 0.3) is 46.4 Å². The van der Waals surface area contributed by atoms with E-state index in [0.29, 0.717) is 124 Å². The van der Waals surface area contributed by atoms with Crippen LogP contribution in [0.1, 0.15) is 48.4 Å². The SMILES string of the molecule is [C-]#[N+]/C(=C\c1cccc(-n2cc(-c3ccc(Cl)cc3)c3c(N)ncnc32)c1)C(=O)N1CC(C)C1.[C-]#[N+]/C(=C\c1cccc(-n2cc(-c3ccc(Cl)cc3)c3c(N)ncnc32)c1)C(=O)N1CCC1.[C-]#[N+]/C(=C\c1cccc(-n2cc(-c3ccc(Cl)cc3)c3c(N)ncnc32)c1)C(=O)N1CCCC1.[C-]#[N+]/C(=C\c1cccc(-n2cc(-c3ccc(Cl)cc3)c3c(N)ncnc32)c1)C(=O)N1CCN(C)CC1. The summed E-state index contributed by atoms with van der Waals surface area (Å²) in [6, 6.07) is 60.5. The number of carbonyl (C=O) groups excluding carboxylic acids is 4. The smallest absolute Gasteiger partial charge is 0.252 e. The molecule has 137 heavy (non-hydrogen) atoms. The number of carbonyl (C=O) groups is 4. The molecule has 4 aliphatic heterocycles. The number of fused-ring (bicyclic) bond motifs is 4. The van der Waals surface area contributed by atoms with Gasteiger partial charge in [-0.15, -0.1) is 0 Å². The molecule has 20 rings (SSSR count). The number of nitrogens with zero attached hydrogens (tertiary/aromatic N) is 21. The zero-order chi connectivity index (χ0) is 95.7. The fraction of sp³-hybridized carbons (Fsp3) is 0.154. The number of hydrogen-bond donors (Lipinski definition) is 4. The number of halogens is 4. The highest BCUT2D eigenvalue weighted by Gasteiger charge is 2.32. The Morgan fingerprint density at radius 2 is 0.569 bits per heavy atom. The van der Waals surface area contributed by atoms with Gasteiger partial charge >= 0.3 is 0 Å². The van der Waals surface area contributed by atoms with Gasteiger partial charge in [0, 0.05) is 155 Å². The standard InChI is InChI=1S/C27H24ClN7O.2C26H21ClN6O.C25H19ClN6O/c1-30-23(27(36)34-12-10-33(2)11-13-34)15-18-4-3-5-21(14-18)35-16-22(19-6-8-20(28)9-7-19)24-25(29)31-17-32-26(24)35;1-16-12-32(13-16)26(34)22(29-2)11-17-4-3-5-20(10-17)33-14-21(18-6-8-19(27)9-7-18)23-24(28)30-15-31-25(23)33;1-29-22(26(34)32-11-2-3-12-32)14-17-5-4-6-20(13-17)33-15-21(18-7-9-19(27)10-8-18)23-24(28)30-16-31-25(23)33;1-28-21(25(33)31-10-3-11-31)13-16-4-2-5-19(12-16)32-14-20(17-6-8-18(26)9-7-17)22-23(27)29-15-30-24(22)32/h3-9,14-17H,10-13H2,2H3,(H2,29,31,32);3-11,14-16H,12-13H2,1H3,(H2,28,30,31);4-10,13-16H,2-3,11-12H2,(H2,28,30,31);2,4-9,12-15H,3,10-11H2,(H2,27,29,30)/b23-15-;22-11-;22-14-;21-13-. The van der Waals surface area contributed by atoms with Crippen molar-refractivity contribution in [2.24, 2.45) is 5.92 Å². The first-order chi connectivity index (χ1) is 66.5. The van der Waals surface area contributed by atoms with Crippen LogP contribution in [0.3, 0.4) is 0 Å². The third-order valence-corrected chi connectivity index (χ3v) is 24.9. The average Bonchev–Trinajstić information content (AvgIpc) is 1.62. The van der Waals surface area contributed by atoms with E-state index in [9.17, 15) is 19.2 Å². The second kappa shape index (κ2) is 40.8. The van der Waals surface area contributed by atoms with Gasteiger partial charge < -0.3 is 65.7 Å². The van der Waals surface area contributed by atoms with E-state index in [0.717, 1.165) is 143 Å². The number of nitrogens with two attached hydrogens (primary N) is 4. The molecule has 12 heterocycles. The quantitative estimate of drug-likeness (QED) is 0.0516. The first kappa shape index (κ1) is 92.2. The molecule has 8 N–H and O–H groups in total. The van der Waals surface area contributed by atoms with Crippen molar-refractivity contribution in [3.63, 3.8) is 0 Å². The van der Waals surface area contributed by atoms with Crippen LogP contribution in [0.4, 0.5) is 23.3 Å². The molecule has 33 heteroatoms. The maximum atomic E-state index is 13.0. The van der Waals surface area contributed by atoms with Crippen molar-refractivity contribution in [3.05, 3.63) is 355 Å². The Balaban J connectivity index is 0.000000127. The largest absolute Gasteiger partial charge is 0.383 e. The topological polar surface area (TPSA) is 329 Å². The van der Waals surface area contributed by atoms with Crippen molar-refractivity contribution < 1.29 is 19.2 Å². The predicted octanol–water partition coefficient (Wildman–Crippen LogP) is 19.4. The molecular formula is C104H85Cl4N25O4. The zero-order valence-corrected chi connectivity index (χ0v) is 77.0. The highest BCUT2D eigenvalue weighted by Crippen LogP contribution is 2.41. The summed E-state index contributed by atoms with van der Waals surface area (Å²) in [6.45, 7) is 39.2. The highest BCUT2D eigenvalue weighted by atomic mass is 35.5. The molecule has 0 bridgehead atoms. The Bertz CT molecular complexity index is 7700. The molecule has 8 aromatic carbocycles. The minimum Gasteiger partial charge on any atom is -0.383 e. The molecule has 0 spiro atoms. The molecule has 4 aliphatic rings. The van der Waals surface area contributed by atoms with Crippen molar-refractivity contribution in [2.75, 3.05) is 95.4 Å². The summed E-state index contributed by atoms with van der Waals surface area (Å²) in [5, 5.41) is 5.57. The lowest BCUT2D eigenvalue weighted by atomic mass is 10.0. The Kier molecular flexibility index (Phi) is 27.5. The van der Waals surface area contributed by atoms with Crippen LogP contribution in [-0.2, 0) is 19.2 Å². The number of nitrogen functional groups attached to an aromatic ring is 4. The van der Waals surface area contributed by atoms with E-state index in [1.165, 1.54) is 25.3 Å². The predicted molar refractivity (Wildman–Crippen MR) is 540 cm³/mol. The Morgan fingerprint density at radius 3 is 0.803 bits per heavy atom. The molecular weight excluding hydrogens is 1810 g/mol. The lowest BCUT2D eigenvalue weighted by Gasteiger charge is -2.37. The summed E-state index contributed by atoms with van der Waals surface area (Å²) >= 11 is 24.3. The highest BCUT2D eigenvalue weighted by molar-refractivity contribution is 6.32. The molecule has 8 aromatic heterocycles. The molecule has 4 fully saturated rings. The van der Waals surface area contributed by atoms with Gasteiger partial charge in [-0.2, -0.15) is 0 Å². The molecule has 4 saturated heterocycles. The maximum absolute atomic E-state index is 13.0. The molecule has 0 radical (unpaired) electrons. The van der Waals surface area contributed by atoms with Crippen LogP contribution in [0.15, 0.2) is 267 Å². The lowest BCUT2D eigenvalue weighted by Crippen LogP contribution is -2.48. The van der Waals surface area contributed by atoms with Crippen LogP contribution in [0, 0.1) is 32.2 Å². The van der Waals surface area contributed by atoms with E-state index in [4.69, 9.17) is 95.6 Å². The zero-order valence-electron chi connectivity index (χ0n) is 74.0. The lowest BCUT2D eigenvalue weighted by molar-refractivity contribution is -0.132. The van der Waals surface area contributed by atoms with E-state index in [-0.39, 0.29) is 46.4 Å². The maximum Gasteiger partial charge on any atom is 0.252 e. The van der Waals surface area contributed by atoms with Gasteiger partial charge in [-0.25, -0.2) is 59.3 Å². The van der Waals surface area contributed by atoms with Gasteiger partial charge in [0.1, 0.15) is 48.6 Å². The molecule has 29 nitrogen and oxygen atoms in total. The average molecular weight is 1890 g/mol. The summed E-state index contributed by atoms with van der Waals surface area (Å²) in [4.78, 5) is 109. The number of benzene rings is 8. The van der Waals surface area contributed by atoms with Crippen LogP contribution in [0.2, 0.25) is 20.1 Å². The van der Waals surface area contributed by atoms with Crippen LogP contribution in [0.25, 0.3) is 155 Å². The molecule has 0 aliphatic carbocycles. The number of rotatable bonds is 16. The van der Waals surface area contributed by atoms with Gasteiger partial charge in [-0.1, -0.05) is 150 Å². The van der Waals surface area contributed by atoms with Crippen LogP contribution in [-0.4, -0.2) is 179 Å². The minimum atomic E-state index is -0.236. The Morgan fingerprint density at radius 1 is 0.328 bits per heavy atom. The van der Waals surface area contributed by atoms with Crippen LogP contribution in [0.5, 0.6) is 0 Å². The van der Waals surface area contributed by atoms with E-state index < -0.39 is 0 Å². The summed E-state index contributed by atoms with van der Waals surface area (Å²) < 4.78 is 7.75. The monoisotopic (exact) mass is 1890 g/mol. The van der Waals surface area contributed by atoms with Crippen LogP contribution >= 0.6 is 46.4 Å². The van der Waals surface area contributed by atoms with E-state index >= 15 is 0 Å². The van der Waals surface area contributed by atoms with E-state index in [1.807, 2.05) is 244 Å². The van der Waals surface area contributed by atoms with Crippen molar-refractivity contribution in [1.82, 2.24) is 82.6 Å². The number of aromatic nitrogens is 12. The molecule has 678 valence electrons. The summed E-state index contributed by atoms with van der Waals surface area (Å²) in [6.07, 6.45) is 23.1. The van der Waals surface area contributed by atoms with Crippen molar-refractivity contribution in [1.29, 1.82) is 0 Å². The van der Waals surface area contributed by atoms with Gasteiger partial charge in [0.05, 0.1) is 47.8 Å². The summed E-state index contributed by atoms with van der Waals surface area (Å²) in [5.41, 5.74) is 41.7. The number of amides is 4. The van der Waals surface area contributed by atoms with Crippen molar-refractivity contribution in [2.45, 2.75) is 26.2 Å². The normalized spacial score (nSPS) is 14.1. The Labute approximate surface area is 808 Å². The first-order valence-electron chi connectivity index (χ1n) is 43.6.